The van der Waals surface area contributed by atoms with Gasteiger partial charge in [-0.3, -0.25) is 4.79 Å². The Hall–Kier alpha value is -1.38. The number of piperazine rings is 1. The molecule has 0 aromatic carbocycles. The second-order valence-electron chi connectivity index (χ2n) is 5.54. The molecule has 0 bridgehead atoms. The molecule has 0 aliphatic carbocycles. The first-order chi connectivity index (χ1) is 9.74. The minimum Gasteiger partial charge on any atom is -0.455 e. The number of furan rings is 1. The summed E-state index contributed by atoms with van der Waals surface area (Å²) in [4.78, 5) is 14.1. The van der Waals surface area contributed by atoms with E-state index in [-0.39, 0.29) is 30.3 Å². The predicted octanol–water partition coefficient (Wildman–Crippen LogP) is 0.151. The highest BCUT2D eigenvalue weighted by atomic mass is 32.2. The van der Waals surface area contributed by atoms with Crippen molar-refractivity contribution >= 4 is 15.9 Å². The number of nitrogens with one attached hydrogen (secondary N) is 2. The van der Waals surface area contributed by atoms with E-state index >= 15 is 0 Å². The van der Waals surface area contributed by atoms with Crippen molar-refractivity contribution < 1.29 is 17.6 Å². The molecule has 1 fully saturated rings. The van der Waals surface area contributed by atoms with Gasteiger partial charge in [-0.2, -0.15) is 0 Å². The minimum absolute atomic E-state index is 0.0421. The summed E-state index contributed by atoms with van der Waals surface area (Å²) in [5, 5.41) is 3.36. The molecule has 0 spiro atoms. The molecule has 0 saturated carbocycles. The topological polar surface area (TPSA) is 91.7 Å². The van der Waals surface area contributed by atoms with Crippen LogP contribution in [0.4, 0.5) is 0 Å². The lowest BCUT2D eigenvalue weighted by molar-refractivity contribution is 0.0640. The molecule has 2 rings (SSSR count). The Morgan fingerprint density at radius 1 is 1.38 bits per heavy atom. The molecule has 2 N–H and O–H groups in total. The molecule has 0 radical (unpaired) electrons. The normalized spacial score (nSPS) is 23.3. The van der Waals surface area contributed by atoms with E-state index in [2.05, 4.69) is 10.0 Å². The van der Waals surface area contributed by atoms with Gasteiger partial charge in [0.15, 0.2) is 5.76 Å². The van der Waals surface area contributed by atoms with Crippen molar-refractivity contribution in [3.05, 3.63) is 23.7 Å². The maximum Gasteiger partial charge on any atom is 0.289 e. The van der Waals surface area contributed by atoms with Crippen molar-refractivity contribution in [3.8, 4) is 0 Å². The monoisotopic (exact) mass is 315 g/mol. The zero-order valence-electron chi connectivity index (χ0n) is 12.4. The molecular weight excluding hydrogens is 294 g/mol. The average Bonchev–Trinajstić information content (AvgIpc) is 2.82. The highest BCUT2D eigenvalue weighted by Crippen LogP contribution is 2.14. The van der Waals surface area contributed by atoms with Crippen LogP contribution in [-0.4, -0.2) is 50.7 Å². The van der Waals surface area contributed by atoms with Crippen LogP contribution in [0.2, 0.25) is 0 Å². The van der Waals surface area contributed by atoms with Gasteiger partial charge in [0.25, 0.3) is 5.91 Å². The van der Waals surface area contributed by atoms with Crippen LogP contribution in [0, 0.1) is 0 Å². The standard InChI is InChI=1S/C13H21N3O4S/c1-9-7-16(8-10(2)15-9)13(17)12-5-4-11(20-12)6-14-21(3,18)19/h4-5,9-10,14-15H,6-8H2,1-3H3/t9-,10-/m0/s1. The molecule has 1 aromatic rings. The molecular formula is C13H21N3O4S. The molecule has 1 amide bonds. The first-order valence-corrected chi connectivity index (χ1v) is 8.72. The maximum atomic E-state index is 12.4. The number of carbonyl (C=O) groups is 1. The van der Waals surface area contributed by atoms with Crippen LogP contribution in [0.3, 0.4) is 0 Å². The smallest absolute Gasteiger partial charge is 0.289 e. The zero-order chi connectivity index (χ0) is 15.6. The summed E-state index contributed by atoms with van der Waals surface area (Å²) in [6, 6.07) is 3.66. The van der Waals surface area contributed by atoms with Crippen molar-refractivity contribution in [1.82, 2.24) is 14.9 Å². The largest absolute Gasteiger partial charge is 0.455 e. The van der Waals surface area contributed by atoms with E-state index in [0.29, 0.717) is 18.8 Å². The summed E-state index contributed by atoms with van der Waals surface area (Å²) in [5.41, 5.74) is 0. The average molecular weight is 315 g/mol. The van der Waals surface area contributed by atoms with Crippen LogP contribution in [0.15, 0.2) is 16.5 Å². The van der Waals surface area contributed by atoms with Gasteiger partial charge in [-0.05, 0) is 26.0 Å². The van der Waals surface area contributed by atoms with E-state index in [0.717, 1.165) is 6.26 Å². The van der Waals surface area contributed by atoms with Gasteiger partial charge in [0.2, 0.25) is 10.0 Å². The quantitative estimate of drug-likeness (QED) is 0.825. The van der Waals surface area contributed by atoms with Crippen molar-refractivity contribution in [3.63, 3.8) is 0 Å². The third kappa shape index (κ3) is 4.55. The Bertz CT molecular complexity index is 601. The molecule has 2 atom stereocenters. The van der Waals surface area contributed by atoms with Crippen LogP contribution in [-0.2, 0) is 16.6 Å². The first kappa shape index (κ1) is 16.0. The number of nitrogens with zero attached hydrogens (tertiary/aromatic N) is 1. The van der Waals surface area contributed by atoms with E-state index in [1.807, 2.05) is 13.8 Å². The molecule has 21 heavy (non-hydrogen) atoms. The van der Waals surface area contributed by atoms with Gasteiger partial charge in [0.1, 0.15) is 5.76 Å². The van der Waals surface area contributed by atoms with Crippen LogP contribution >= 0.6 is 0 Å². The number of rotatable bonds is 4. The van der Waals surface area contributed by atoms with Crippen molar-refractivity contribution in [2.24, 2.45) is 0 Å². The fourth-order valence-corrected chi connectivity index (χ4v) is 2.84. The van der Waals surface area contributed by atoms with Gasteiger partial charge in [-0.25, -0.2) is 13.1 Å². The molecule has 2 heterocycles. The van der Waals surface area contributed by atoms with E-state index in [9.17, 15) is 13.2 Å². The van der Waals surface area contributed by atoms with E-state index in [1.165, 1.54) is 0 Å². The Kier molecular flexibility index (Phi) is 4.70. The summed E-state index contributed by atoms with van der Waals surface area (Å²) in [5.74, 6) is 0.488. The van der Waals surface area contributed by atoms with E-state index in [4.69, 9.17) is 4.42 Å². The summed E-state index contributed by atoms with van der Waals surface area (Å²) < 4.78 is 29.8. The molecule has 7 nitrogen and oxygen atoms in total. The summed E-state index contributed by atoms with van der Waals surface area (Å²) >= 11 is 0. The Morgan fingerprint density at radius 2 is 2.00 bits per heavy atom. The number of hydrogen-bond donors (Lipinski definition) is 2. The SMILES string of the molecule is C[C@H]1CN(C(=O)c2ccc(CNS(C)(=O)=O)o2)C[C@H](C)N1. The number of carbonyl (C=O) groups excluding carboxylic acids is 1. The molecule has 8 heteroatoms. The third-order valence-corrected chi connectivity index (χ3v) is 3.89. The fourth-order valence-electron chi connectivity index (χ4n) is 2.44. The lowest BCUT2D eigenvalue weighted by Crippen LogP contribution is -2.55. The zero-order valence-corrected chi connectivity index (χ0v) is 13.2. The molecule has 1 aliphatic rings. The molecule has 0 unspecified atom stereocenters. The van der Waals surface area contributed by atoms with Crippen LogP contribution in [0.25, 0.3) is 0 Å². The van der Waals surface area contributed by atoms with Gasteiger partial charge in [-0.1, -0.05) is 0 Å². The number of hydrogen-bond acceptors (Lipinski definition) is 5. The maximum absolute atomic E-state index is 12.4. The van der Waals surface area contributed by atoms with Crippen molar-refractivity contribution in [1.29, 1.82) is 0 Å². The molecule has 118 valence electrons. The number of sulfonamides is 1. The van der Waals surface area contributed by atoms with Crippen LogP contribution in [0.5, 0.6) is 0 Å². The van der Waals surface area contributed by atoms with Crippen LogP contribution in [0.1, 0.15) is 30.2 Å². The fraction of sp³-hybridized carbons (Fsp3) is 0.615. The summed E-state index contributed by atoms with van der Waals surface area (Å²) in [7, 11) is -3.28. The van der Waals surface area contributed by atoms with E-state index in [1.54, 1.807) is 17.0 Å². The molecule has 1 aromatic heterocycles. The van der Waals surface area contributed by atoms with Gasteiger partial charge < -0.3 is 14.6 Å². The first-order valence-electron chi connectivity index (χ1n) is 6.83. The van der Waals surface area contributed by atoms with Gasteiger partial charge >= 0.3 is 0 Å². The number of amides is 1. The Balaban J connectivity index is 2.01. The summed E-state index contributed by atoms with van der Waals surface area (Å²) in [6.45, 7) is 5.35. The minimum atomic E-state index is -3.28. The Labute approximate surface area is 124 Å². The third-order valence-electron chi connectivity index (χ3n) is 3.23. The highest BCUT2D eigenvalue weighted by Gasteiger charge is 2.27. The molecule has 1 saturated heterocycles. The van der Waals surface area contributed by atoms with Crippen LogP contribution < -0.4 is 10.0 Å². The second-order valence-corrected chi connectivity index (χ2v) is 7.37. The second kappa shape index (κ2) is 6.17. The van der Waals surface area contributed by atoms with Gasteiger partial charge in [0.05, 0.1) is 12.8 Å². The summed E-state index contributed by atoms with van der Waals surface area (Å²) in [6.07, 6.45) is 1.07. The molecule has 1 aliphatic heterocycles. The van der Waals surface area contributed by atoms with Crippen molar-refractivity contribution in [2.75, 3.05) is 19.3 Å². The van der Waals surface area contributed by atoms with Gasteiger partial charge in [-0.15, -0.1) is 0 Å². The highest BCUT2D eigenvalue weighted by molar-refractivity contribution is 7.88. The van der Waals surface area contributed by atoms with Gasteiger partial charge in [0, 0.05) is 25.2 Å². The van der Waals surface area contributed by atoms with E-state index < -0.39 is 10.0 Å². The lowest BCUT2D eigenvalue weighted by atomic mass is 10.1. The van der Waals surface area contributed by atoms with Crippen molar-refractivity contribution in [2.45, 2.75) is 32.5 Å². The lowest BCUT2D eigenvalue weighted by Gasteiger charge is -2.35. The Morgan fingerprint density at radius 3 is 2.57 bits per heavy atom. The predicted molar refractivity (Wildman–Crippen MR) is 78.4 cm³/mol.